The van der Waals surface area contributed by atoms with Crippen molar-refractivity contribution in [3.63, 3.8) is 0 Å². The standard InChI is InChI=1S/C28H26F2N4O2/c29-27(30)36-28(17-11-9-16(10-12-17)19-7-4-14-31-19)13-3-5-18-24(28)23-15-21(33-26(18)35)25-32-20-6-1-2-8-22(20)34(23)25/h1-3,5-6,8-12,19,21,23,27,31H,4,7,13-15H2,(H,33,35)/t19?,21-,23-,28?/m1/s1. The number of rotatable bonds is 4. The number of amides is 1. The zero-order valence-corrected chi connectivity index (χ0v) is 19.6. The Balaban J connectivity index is 1.43. The van der Waals surface area contributed by atoms with Crippen molar-refractivity contribution >= 4 is 16.9 Å². The van der Waals surface area contributed by atoms with Crippen LogP contribution in [0.2, 0.25) is 0 Å². The highest BCUT2D eigenvalue weighted by molar-refractivity contribution is 5.99. The number of hydrogen-bond acceptors (Lipinski definition) is 4. The van der Waals surface area contributed by atoms with Crippen molar-refractivity contribution in [3.8, 4) is 0 Å². The molecule has 184 valence electrons. The molecule has 4 atom stereocenters. The summed E-state index contributed by atoms with van der Waals surface area (Å²) in [6.07, 6.45) is 6.46. The number of alkyl halides is 2. The van der Waals surface area contributed by atoms with Crippen molar-refractivity contribution in [1.82, 2.24) is 20.2 Å². The van der Waals surface area contributed by atoms with Gasteiger partial charge in [0, 0.05) is 23.6 Å². The fourth-order valence-corrected chi connectivity index (χ4v) is 6.64. The second-order valence-electron chi connectivity index (χ2n) is 10.0. The van der Waals surface area contributed by atoms with Gasteiger partial charge in [-0.15, -0.1) is 0 Å². The minimum absolute atomic E-state index is 0.216. The predicted octanol–water partition coefficient (Wildman–Crippen LogP) is 4.97. The van der Waals surface area contributed by atoms with E-state index in [1.165, 1.54) is 0 Å². The lowest BCUT2D eigenvalue weighted by atomic mass is 9.73. The Morgan fingerprint density at radius 2 is 1.94 bits per heavy atom. The van der Waals surface area contributed by atoms with E-state index < -0.39 is 12.2 Å². The van der Waals surface area contributed by atoms with E-state index in [1.807, 2.05) is 48.5 Å². The van der Waals surface area contributed by atoms with Crippen LogP contribution in [0.5, 0.6) is 0 Å². The number of halogens is 2. The van der Waals surface area contributed by atoms with Crippen molar-refractivity contribution in [2.75, 3.05) is 6.54 Å². The van der Waals surface area contributed by atoms with E-state index >= 15 is 0 Å². The number of nitrogens with one attached hydrogen (secondary N) is 2. The first-order valence-corrected chi connectivity index (χ1v) is 12.5. The molecule has 2 N–H and O–H groups in total. The molecule has 1 aliphatic carbocycles. The summed E-state index contributed by atoms with van der Waals surface area (Å²) in [5.41, 5.74) is 3.02. The number of nitrogens with zero attached hydrogens (tertiary/aromatic N) is 2. The highest BCUT2D eigenvalue weighted by Gasteiger charge is 2.52. The number of aromatic nitrogens is 2. The molecule has 7 rings (SSSR count). The van der Waals surface area contributed by atoms with Crippen LogP contribution in [0.1, 0.15) is 60.8 Å². The van der Waals surface area contributed by atoms with Gasteiger partial charge in [-0.1, -0.05) is 48.6 Å². The Morgan fingerprint density at radius 1 is 1.11 bits per heavy atom. The Labute approximate surface area is 207 Å². The fourth-order valence-electron chi connectivity index (χ4n) is 6.64. The number of carbonyl (C=O) groups excluding carboxylic acids is 1. The minimum Gasteiger partial charge on any atom is -0.342 e. The lowest BCUT2D eigenvalue weighted by molar-refractivity contribution is -0.201. The van der Waals surface area contributed by atoms with Crippen LogP contribution in [0.15, 0.2) is 71.8 Å². The van der Waals surface area contributed by atoms with Crippen molar-refractivity contribution in [2.45, 2.75) is 56.0 Å². The smallest absolute Gasteiger partial charge is 0.342 e. The van der Waals surface area contributed by atoms with Gasteiger partial charge in [0.15, 0.2) is 0 Å². The van der Waals surface area contributed by atoms with Gasteiger partial charge in [-0.3, -0.25) is 4.79 Å². The van der Waals surface area contributed by atoms with E-state index in [9.17, 15) is 13.6 Å². The van der Waals surface area contributed by atoms with E-state index in [2.05, 4.69) is 15.2 Å². The molecule has 1 saturated heterocycles. The van der Waals surface area contributed by atoms with Gasteiger partial charge in [0.05, 0.1) is 23.1 Å². The van der Waals surface area contributed by atoms with Gasteiger partial charge >= 0.3 is 6.61 Å². The van der Waals surface area contributed by atoms with E-state index in [0.29, 0.717) is 23.1 Å². The molecule has 0 saturated carbocycles. The molecule has 1 amide bonds. The van der Waals surface area contributed by atoms with Crippen LogP contribution < -0.4 is 10.6 Å². The lowest BCUT2D eigenvalue weighted by Crippen LogP contribution is -2.40. The number of fused-ring (bicyclic) bond motifs is 8. The molecule has 2 bridgehead atoms. The van der Waals surface area contributed by atoms with Crippen LogP contribution in [0.25, 0.3) is 11.0 Å². The third-order valence-electron chi connectivity index (χ3n) is 8.13. The van der Waals surface area contributed by atoms with Gasteiger partial charge in [0.25, 0.3) is 5.91 Å². The van der Waals surface area contributed by atoms with Crippen LogP contribution in [0, 0.1) is 0 Å². The second-order valence-corrected chi connectivity index (χ2v) is 10.0. The van der Waals surface area contributed by atoms with Crippen LogP contribution in [0.4, 0.5) is 8.78 Å². The summed E-state index contributed by atoms with van der Waals surface area (Å²) >= 11 is 0. The molecular weight excluding hydrogens is 462 g/mol. The van der Waals surface area contributed by atoms with E-state index in [4.69, 9.17) is 9.72 Å². The molecule has 3 aromatic rings. The number of hydrogen-bond donors (Lipinski definition) is 2. The van der Waals surface area contributed by atoms with Crippen molar-refractivity contribution < 1.29 is 18.3 Å². The highest BCUT2D eigenvalue weighted by atomic mass is 19.3. The molecular formula is C28H26F2N4O2. The second kappa shape index (κ2) is 8.08. The van der Waals surface area contributed by atoms with E-state index in [-0.39, 0.29) is 30.5 Å². The molecule has 0 spiro atoms. The Bertz CT molecular complexity index is 1420. The van der Waals surface area contributed by atoms with Gasteiger partial charge in [-0.25, -0.2) is 4.98 Å². The van der Waals surface area contributed by atoms with Gasteiger partial charge in [-0.2, -0.15) is 8.78 Å². The third kappa shape index (κ3) is 3.14. The number of carbonyl (C=O) groups is 1. The molecule has 4 heterocycles. The molecule has 8 heteroatoms. The first-order valence-electron chi connectivity index (χ1n) is 12.5. The molecule has 1 fully saturated rings. The van der Waals surface area contributed by atoms with Crippen molar-refractivity contribution in [3.05, 3.63) is 88.8 Å². The molecule has 3 aliphatic heterocycles. The molecule has 4 aliphatic rings. The lowest BCUT2D eigenvalue weighted by Gasteiger charge is -2.41. The normalized spacial score (nSPS) is 29.0. The highest BCUT2D eigenvalue weighted by Crippen LogP contribution is 2.54. The van der Waals surface area contributed by atoms with E-state index in [1.54, 1.807) is 12.2 Å². The Hall–Kier alpha value is -3.36. The maximum absolute atomic E-state index is 14.2. The molecule has 0 radical (unpaired) electrons. The van der Waals surface area contributed by atoms with Crippen LogP contribution in [-0.2, 0) is 15.1 Å². The molecule has 6 nitrogen and oxygen atoms in total. The first kappa shape index (κ1) is 21.9. The molecule has 2 unspecified atom stereocenters. The number of ether oxygens (including phenoxy) is 1. The van der Waals surface area contributed by atoms with Crippen molar-refractivity contribution in [1.29, 1.82) is 0 Å². The fraction of sp³-hybridized carbons (Fsp3) is 0.357. The predicted molar refractivity (Wildman–Crippen MR) is 130 cm³/mol. The summed E-state index contributed by atoms with van der Waals surface area (Å²) in [5, 5.41) is 6.58. The molecule has 2 aromatic carbocycles. The largest absolute Gasteiger partial charge is 0.346 e. The Kier molecular flexibility index (Phi) is 4.91. The average molecular weight is 489 g/mol. The van der Waals surface area contributed by atoms with E-state index in [0.717, 1.165) is 41.8 Å². The monoisotopic (exact) mass is 488 g/mol. The van der Waals surface area contributed by atoms with Crippen molar-refractivity contribution in [2.24, 2.45) is 0 Å². The van der Waals surface area contributed by atoms with Crippen LogP contribution >= 0.6 is 0 Å². The van der Waals surface area contributed by atoms with Gasteiger partial charge in [0.1, 0.15) is 11.4 Å². The SMILES string of the molecule is O=C1N[C@@H]2C[C@H](C3=C1C=CCC3(OC(F)F)c1ccc(C3CCCN3)cc1)n1c2nc2ccccc21. The first-order chi connectivity index (χ1) is 17.5. The van der Waals surface area contributed by atoms with Crippen LogP contribution in [0.3, 0.4) is 0 Å². The zero-order valence-electron chi connectivity index (χ0n) is 19.6. The quantitative estimate of drug-likeness (QED) is 0.544. The van der Waals surface area contributed by atoms with Crippen LogP contribution in [-0.4, -0.2) is 28.6 Å². The average Bonchev–Trinajstić information content (AvgIpc) is 3.59. The minimum atomic E-state index is -3.01. The number of benzene rings is 2. The summed E-state index contributed by atoms with van der Waals surface area (Å²) in [7, 11) is 0. The number of para-hydroxylation sites is 2. The molecule has 36 heavy (non-hydrogen) atoms. The number of imidazole rings is 1. The summed E-state index contributed by atoms with van der Waals surface area (Å²) in [6, 6.07) is 15.2. The van der Waals surface area contributed by atoms with Gasteiger partial charge in [0.2, 0.25) is 0 Å². The summed E-state index contributed by atoms with van der Waals surface area (Å²) in [4.78, 5) is 18.2. The molecule has 1 aromatic heterocycles. The zero-order chi connectivity index (χ0) is 24.4. The summed E-state index contributed by atoms with van der Waals surface area (Å²) in [6.45, 7) is -2.03. The maximum atomic E-state index is 14.2. The van der Waals surface area contributed by atoms with Gasteiger partial charge in [-0.05, 0) is 49.1 Å². The third-order valence-corrected chi connectivity index (χ3v) is 8.13. The Morgan fingerprint density at radius 3 is 2.72 bits per heavy atom. The topological polar surface area (TPSA) is 68.2 Å². The maximum Gasteiger partial charge on any atom is 0.346 e. The summed E-state index contributed by atoms with van der Waals surface area (Å²) in [5.74, 6) is 0.477. The summed E-state index contributed by atoms with van der Waals surface area (Å²) < 4.78 is 36.0. The van der Waals surface area contributed by atoms with Gasteiger partial charge < -0.3 is 19.9 Å².